The van der Waals surface area contributed by atoms with Crippen molar-refractivity contribution in [2.24, 2.45) is 18.9 Å². The summed E-state index contributed by atoms with van der Waals surface area (Å²) in [6.07, 6.45) is 5.04. The van der Waals surface area contributed by atoms with Crippen LogP contribution in [0, 0.1) is 11.8 Å². The maximum Gasteiger partial charge on any atom is 0.307 e. The SMILES string of the molecule is Cn1cccc1CNC(=O)[C@@H]1CCCC[C@@H]1C(=O)O. The molecule has 0 radical (unpaired) electrons. The summed E-state index contributed by atoms with van der Waals surface area (Å²) in [5, 5.41) is 12.0. The van der Waals surface area contributed by atoms with E-state index in [2.05, 4.69) is 5.32 Å². The summed E-state index contributed by atoms with van der Waals surface area (Å²) in [6.45, 7) is 0.450. The van der Waals surface area contributed by atoms with Crippen molar-refractivity contribution in [2.75, 3.05) is 0 Å². The lowest BCUT2D eigenvalue weighted by atomic mass is 9.79. The predicted molar refractivity (Wildman–Crippen MR) is 70.3 cm³/mol. The number of hydrogen-bond donors (Lipinski definition) is 2. The lowest BCUT2D eigenvalue weighted by molar-refractivity contribution is -0.148. The zero-order chi connectivity index (χ0) is 13.8. The maximum absolute atomic E-state index is 12.1. The Hall–Kier alpha value is -1.78. The number of hydrogen-bond acceptors (Lipinski definition) is 2. The standard InChI is InChI=1S/C14H20N2O3/c1-16-8-4-5-10(16)9-15-13(17)11-6-2-3-7-12(11)14(18)19/h4-5,8,11-12H,2-3,6-7,9H2,1H3,(H,15,17)(H,18,19)/t11-,12+/m1/s1. The Bertz CT molecular complexity index is 467. The van der Waals surface area contributed by atoms with E-state index in [4.69, 9.17) is 5.11 Å². The molecular weight excluding hydrogens is 244 g/mol. The van der Waals surface area contributed by atoms with E-state index < -0.39 is 11.9 Å². The van der Waals surface area contributed by atoms with Gasteiger partial charge in [-0.1, -0.05) is 12.8 Å². The van der Waals surface area contributed by atoms with Gasteiger partial charge in [0.05, 0.1) is 18.4 Å². The van der Waals surface area contributed by atoms with Gasteiger partial charge in [-0.2, -0.15) is 0 Å². The van der Waals surface area contributed by atoms with Crippen LogP contribution < -0.4 is 5.32 Å². The molecule has 1 fully saturated rings. The number of carboxylic acids is 1. The fourth-order valence-corrected chi connectivity index (χ4v) is 2.73. The number of rotatable bonds is 4. The van der Waals surface area contributed by atoms with Crippen molar-refractivity contribution in [2.45, 2.75) is 32.2 Å². The Labute approximate surface area is 112 Å². The topological polar surface area (TPSA) is 71.3 Å². The molecule has 0 saturated heterocycles. The van der Waals surface area contributed by atoms with Gasteiger partial charge in [0.15, 0.2) is 0 Å². The van der Waals surface area contributed by atoms with Crippen LogP contribution in [0.15, 0.2) is 18.3 Å². The van der Waals surface area contributed by atoms with Crippen molar-refractivity contribution in [1.29, 1.82) is 0 Å². The first kappa shape index (κ1) is 13.6. The van der Waals surface area contributed by atoms with E-state index in [9.17, 15) is 9.59 Å². The smallest absolute Gasteiger partial charge is 0.307 e. The van der Waals surface area contributed by atoms with Crippen LogP contribution in [0.2, 0.25) is 0 Å². The third kappa shape index (κ3) is 3.16. The molecule has 0 bridgehead atoms. The Balaban J connectivity index is 1.94. The van der Waals surface area contributed by atoms with Crippen LogP contribution in [0.4, 0.5) is 0 Å². The summed E-state index contributed by atoms with van der Waals surface area (Å²) >= 11 is 0. The van der Waals surface area contributed by atoms with Gasteiger partial charge in [-0.05, 0) is 25.0 Å². The number of carbonyl (C=O) groups excluding carboxylic acids is 1. The number of aromatic nitrogens is 1. The molecule has 2 N–H and O–H groups in total. The number of aryl methyl sites for hydroxylation is 1. The van der Waals surface area contributed by atoms with Gasteiger partial charge in [0, 0.05) is 18.9 Å². The predicted octanol–water partition coefficient (Wildman–Crippen LogP) is 1.53. The highest BCUT2D eigenvalue weighted by atomic mass is 16.4. The first-order valence-electron chi connectivity index (χ1n) is 6.70. The van der Waals surface area contributed by atoms with Crippen LogP contribution >= 0.6 is 0 Å². The molecule has 2 rings (SSSR count). The third-order valence-corrected chi connectivity index (χ3v) is 3.91. The van der Waals surface area contributed by atoms with Gasteiger partial charge in [-0.15, -0.1) is 0 Å². The molecule has 1 amide bonds. The average molecular weight is 264 g/mol. The highest BCUT2D eigenvalue weighted by Crippen LogP contribution is 2.30. The molecule has 5 nitrogen and oxygen atoms in total. The van der Waals surface area contributed by atoms with Crippen LogP contribution in [-0.2, 0) is 23.2 Å². The molecule has 0 unspecified atom stereocenters. The van der Waals surface area contributed by atoms with Crippen molar-refractivity contribution in [3.05, 3.63) is 24.0 Å². The summed E-state index contributed by atoms with van der Waals surface area (Å²) in [4.78, 5) is 23.3. The molecule has 1 aliphatic rings. The van der Waals surface area contributed by atoms with E-state index in [0.717, 1.165) is 18.5 Å². The zero-order valence-corrected chi connectivity index (χ0v) is 11.1. The molecule has 1 saturated carbocycles. The quantitative estimate of drug-likeness (QED) is 0.866. The second-order valence-electron chi connectivity index (χ2n) is 5.16. The summed E-state index contributed by atoms with van der Waals surface area (Å²) in [6, 6.07) is 3.86. The van der Waals surface area contributed by atoms with Gasteiger partial charge >= 0.3 is 5.97 Å². The lowest BCUT2D eigenvalue weighted by Gasteiger charge is -2.27. The van der Waals surface area contributed by atoms with Crippen LogP contribution in [0.1, 0.15) is 31.4 Å². The average Bonchev–Trinajstić information content (AvgIpc) is 2.81. The molecule has 1 aliphatic carbocycles. The monoisotopic (exact) mass is 264 g/mol. The van der Waals surface area contributed by atoms with Crippen LogP contribution in [-0.4, -0.2) is 21.6 Å². The van der Waals surface area contributed by atoms with Gasteiger partial charge in [0.2, 0.25) is 5.91 Å². The fourth-order valence-electron chi connectivity index (χ4n) is 2.73. The molecule has 1 aromatic rings. The fraction of sp³-hybridized carbons (Fsp3) is 0.571. The molecule has 1 heterocycles. The second kappa shape index (κ2) is 5.91. The molecule has 1 aromatic heterocycles. The summed E-state index contributed by atoms with van der Waals surface area (Å²) in [7, 11) is 1.92. The van der Waals surface area contributed by atoms with Crippen molar-refractivity contribution in [3.63, 3.8) is 0 Å². The normalized spacial score (nSPS) is 23.0. The van der Waals surface area contributed by atoms with Gasteiger partial charge in [0.25, 0.3) is 0 Å². The summed E-state index contributed by atoms with van der Waals surface area (Å²) in [5.74, 6) is -1.89. The van der Waals surface area contributed by atoms with E-state index in [1.165, 1.54) is 0 Å². The molecular formula is C14H20N2O3. The molecule has 0 aliphatic heterocycles. The van der Waals surface area contributed by atoms with Crippen molar-refractivity contribution in [1.82, 2.24) is 9.88 Å². The van der Waals surface area contributed by atoms with Gasteiger partial charge < -0.3 is 15.0 Å². The number of carbonyl (C=O) groups is 2. The Morgan fingerprint density at radius 2 is 2.05 bits per heavy atom. The van der Waals surface area contributed by atoms with Crippen molar-refractivity contribution < 1.29 is 14.7 Å². The molecule has 5 heteroatoms. The molecule has 0 spiro atoms. The van der Waals surface area contributed by atoms with Crippen molar-refractivity contribution >= 4 is 11.9 Å². The summed E-state index contributed by atoms with van der Waals surface area (Å²) in [5.41, 5.74) is 1.01. The van der Waals surface area contributed by atoms with Gasteiger partial charge in [-0.3, -0.25) is 9.59 Å². The minimum atomic E-state index is -0.848. The number of nitrogens with zero attached hydrogens (tertiary/aromatic N) is 1. The minimum Gasteiger partial charge on any atom is -0.481 e. The Morgan fingerprint density at radius 3 is 2.63 bits per heavy atom. The number of amides is 1. The van der Waals surface area contributed by atoms with E-state index >= 15 is 0 Å². The van der Waals surface area contributed by atoms with Crippen LogP contribution in [0.25, 0.3) is 0 Å². The highest BCUT2D eigenvalue weighted by molar-refractivity contribution is 5.84. The first-order valence-corrected chi connectivity index (χ1v) is 6.70. The minimum absolute atomic E-state index is 0.131. The Morgan fingerprint density at radius 1 is 1.37 bits per heavy atom. The largest absolute Gasteiger partial charge is 0.481 e. The van der Waals surface area contributed by atoms with Crippen molar-refractivity contribution in [3.8, 4) is 0 Å². The zero-order valence-electron chi connectivity index (χ0n) is 11.1. The van der Waals surface area contributed by atoms with Crippen LogP contribution in [0.3, 0.4) is 0 Å². The highest BCUT2D eigenvalue weighted by Gasteiger charge is 2.35. The van der Waals surface area contributed by atoms with Gasteiger partial charge in [-0.25, -0.2) is 0 Å². The Kier molecular flexibility index (Phi) is 4.24. The maximum atomic E-state index is 12.1. The summed E-state index contributed by atoms with van der Waals surface area (Å²) < 4.78 is 1.94. The number of carboxylic acid groups (broad SMARTS) is 1. The lowest BCUT2D eigenvalue weighted by Crippen LogP contribution is -2.39. The number of nitrogens with one attached hydrogen (secondary N) is 1. The number of aliphatic carboxylic acids is 1. The third-order valence-electron chi connectivity index (χ3n) is 3.91. The molecule has 2 atom stereocenters. The first-order chi connectivity index (χ1) is 9.09. The molecule has 0 aromatic carbocycles. The van der Waals surface area contributed by atoms with E-state index in [0.29, 0.717) is 19.4 Å². The van der Waals surface area contributed by atoms with Gasteiger partial charge in [0.1, 0.15) is 0 Å². The van der Waals surface area contributed by atoms with E-state index in [1.807, 2.05) is 29.9 Å². The second-order valence-corrected chi connectivity index (χ2v) is 5.16. The van der Waals surface area contributed by atoms with E-state index in [-0.39, 0.29) is 11.8 Å². The molecule has 19 heavy (non-hydrogen) atoms. The molecule has 104 valence electrons. The van der Waals surface area contributed by atoms with E-state index in [1.54, 1.807) is 0 Å². The van der Waals surface area contributed by atoms with Crippen LogP contribution in [0.5, 0.6) is 0 Å².